The number of amides is 1. The predicted molar refractivity (Wildman–Crippen MR) is 67.0 cm³/mol. The zero-order valence-corrected chi connectivity index (χ0v) is 10.4. The third-order valence-corrected chi connectivity index (χ3v) is 2.51. The van der Waals surface area contributed by atoms with E-state index in [2.05, 4.69) is 5.32 Å². The zero-order chi connectivity index (χ0) is 13.7. The van der Waals surface area contributed by atoms with Crippen LogP contribution in [0.3, 0.4) is 0 Å². The van der Waals surface area contributed by atoms with Crippen LogP contribution >= 0.6 is 0 Å². The lowest BCUT2D eigenvalue weighted by molar-refractivity contribution is -0.127. The van der Waals surface area contributed by atoms with Crippen LogP contribution in [0.1, 0.15) is 12.7 Å². The summed E-state index contributed by atoms with van der Waals surface area (Å²) in [6, 6.07) is 9.04. The molecule has 1 heterocycles. The van der Waals surface area contributed by atoms with E-state index < -0.39 is 6.10 Å². The maximum Gasteiger partial charge on any atom is 0.261 e. The normalized spacial score (nSPS) is 11.9. The minimum atomic E-state index is -0.666. The Balaban J connectivity index is 1.83. The summed E-state index contributed by atoms with van der Waals surface area (Å²) in [5.41, 5.74) is 0. The van der Waals surface area contributed by atoms with Crippen LogP contribution < -0.4 is 10.1 Å². The van der Waals surface area contributed by atoms with E-state index in [1.54, 1.807) is 25.3 Å². The molecule has 2 aromatic rings. The van der Waals surface area contributed by atoms with Gasteiger partial charge in [0.05, 0.1) is 12.8 Å². The fourth-order valence-corrected chi connectivity index (χ4v) is 1.50. The number of rotatable bonds is 5. The smallest absolute Gasteiger partial charge is 0.261 e. The van der Waals surface area contributed by atoms with E-state index in [1.165, 1.54) is 24.3 Å². The van der Waals surface area contributed by atoms with E-state index in [0.717, 1.165) is 0 Å². The fraction of sp³-hybridized carbons (Fsp3) is 0.214. The van der Waals surface area contributed by atoms with Gasteiger partial charge >= 0.3 is 0 Å². The Morgan fingerprint density at radius 2 is 2.11 bits per heavy atom. The number of carbonyl (C=O) groups excluding carboxylic acids is 1. The third kappa shape index (κ3) is 3.84. The van der Waals surface area contributed by atoms with Crippen LogP contribution in [0.15, 0.2) is 47.1 Å². The van der Waals surface area contributed by atoms with E-state index in [9.17, 15) is 9.18 Å². The van der Waals surface area contributed by atoms with Crippen molar-refractivity contribution in [2.75, 3.05) is 0 Å². The van der Waals surface area contributed by atoms with Gasteiger partial charge in [-0.15, -0.1) is 0 Å². The molecule has 0 radical (unpaired) electrons. The van der Waals surface area contributed by atoms with Gasteiger partial charge in [-0.1, -0.05) is 0 Å². The van der Waals surface area contributed by atoms with Crippen LogP contribution in [0.2, 0.25) is 0 Å². The van der Waals surface area contributed by atoms with Gasteiger partial charge in [0, 0.05) is 0 Å². The van der Waals surface area contributed by atoms with Crippen LogP contribution in [-0.4, -0.2) is 12.0 Å². The SMILES string of the molecule is C[C@@H](Oc1ccc(F)cc1)C(=O)NCc1ccco1. The number of hydrogen-bond acceptors (Lipinski definition) is 3. The van der Waals surface area contributed by atoms with Gasteiger partial charge in [0.25, 0.3) is 5.91 Å². The summed E-state index contributed by atoms with van der Waals surface area (Å²) in [6.07, 6.45) is 0.875. The molecule has 0 aliphatic heterocycles. The average molecular weight is 263 g/mol. The van der Waals surface area contributed by atoms with E-state index in [-0.39, 0.29) is 11.7 Å². The predicted octanol–water partition coefficient (Wildman–Crippen LogP) is 2.50. The highest BCUT2D eigenvalue weighted by atomic mass is 19.1. The van der Waals surface area contributed by atoms with Gasteiger partial charge in [0.15, 0.2) is 6.10 Å². The summed E-state index contributed by atoms with van der Waals surface area (Å²) in [5, 5.41) is 2.68. The first-order chi connectivity index (χ1) is 9.15. The number of hydrogen-bond donors (Lipinski definition) is 1. The maximum absolute atomic E-state index is 12.7. The second-order valence-corrected chi connectivity index (χ2v) is 4.01. The fourth-order valence-electron chi connectivity index (χ4n) is 1.50. The summed E-state index contributed by atoms with van der Waals surface area (Å²) in [7, 11) is 0. The molecule has 1 N–H and O–H groups in total. The molecule has 1 aromatic heterocycles. The number of halogens is 1. The Morgan fingerprint density at radius 3 is 2.74 bits per heavy atom. The Labute approximate surface area is 110 Å². The molecule has 2 rings (SSSR count). The molecule has 1 atom stereocenters. The Morgan fingerprint density at radius 1 is 1.37 bits per heavy atom. The lowest BCUT2D eigenvalue weighted by Gasteiger charge is -2.14. The number of carbonyl (C=O) groups is 1. The number of ether oxygens (including phenoxy) is 1. The van der Waals surface area contributed by atoms with E-state index in [4.69, 9.17) is 9.15 Å². The largest absolute Gasteiger partial charge is 0.481 e. The highest BCUT2D eigenvalue weighted by Crippen LogP contribution is 2.13. The molecular weight excluding hydrogens is 249 g/mol. The highest BCUT2D eigenvalue weighted by molar-refractivity contribution is 5.80. The molecule has 1 amide bonds. The molecule has 0 fully saturated rings. The first kappa shape index (κ1) is 13.1. The van der Waals surface area contributed by atoms with Crippen molar-refractivity contribution in [1.29, 1.82) is 0 Å². The highest BCUT2D eigenvalue weighted by Gasteiger charge is 2.14. The lowest BCUT2D eigenvalue weighted by atomic mass is 10.3. The third-order valence-electron chi connectivity index (χ3n) is 2.51. The minimum absolute atomic E-state index is 0.263. The monoisotopic (exact) mass is 263 g/mol. The topological polar surface area (TPSA) is 51.5 Å². The molecule has 0 spiro atoms. The minimum Gasteiger partial charge on any atom is -0.481 e. The first-order valence-corrected chi connectivity index (χ1v) is 5.87. The van der Waals surface area contributed by atoms with Crippen molar-refractivity contribution in [3.63, 3.8) is 0 Å². The molecule has 4 nitrogen and oxygen atoms in total. The molecule has 1 aromatic carbocycles. The molecule has 0 aliphatic rings. The Hall–Kier alpha value is -2.30. The molecule has 0 saturated carbocycles. The molecule has 5 heteroatoms. The molecule has 0 unspecified atom stereocenters. The van der Waals surface area contributed by atoms with Crippen LogP contribution in [-0.2, 0) is 11.3 Å². The van der Waals surface area contributed by atoms with E-state index in [1.807, 2.05) is 0 Å². The second-order valence-electron chi connectivity index (χ2n) is 4.01. The molecule has 19 heavy (non-hydrogen) atoms. The van der Waals surface area contributed by atoms with Gasteiger partial charge in [-0.05, 0) is 43.3 Å². The average Bonchev–Trinajstić information content (AvgIpc) is 2.91. The van der Waals surface area contributed by atoms with Crippen molar-refractivity contribution in [2.24, 2.45) is 0 Å². The van der Waals surface area contributed by atoms with Crippen LogP contribution in [0.5, 0.6) is 5.75 Å². The summed E-state index contributed by atoms with van der Waals surface area (Å²) >= 11 is 0. The summed E-state index contributed by atoms with van der Waals surface area (Å²) in [5.74, 6) is 0.507. The van der Waals surface area contributed by atoms with E-state index >= 15 is 0 Å². The van der Waals surface area contributed by atoms with Crippen molar-refractivity contribution in [1.82, 2.24) is 5.32 Å². The van der Waals surface area contributed by atoms with Gasteiger partial charge in [-0.25, -0.2) is 4.39 Å². The van der Waals surface area contributed by atoms with Crippen molar-refractivity contribution in [2.45, 2.75) is 19.6 Å². The van der Waals surface area contributed by atoms with Crippen LogP contribution in [0, 0.1) is 5.82 Å². The quantitative estimate of drug-likeness (QED) is 0.901. The number of nitrogens with one attached hydrogen (secondary N) is 1. The summed E-state index contributed by atoms with van der Waals surface area (Å²) in [6.45, 7) is 1.93. The van der Waals surface area contributed by atoms with Gasteiger partial charge in [-0.3, -0.25) is 4.79 Å². The van der Waals surface area contributed by atoms with Crippen molar-refractivity contribution in [3.8, 4) is 5.75 Å². The van der Waals surface area contributed by atoms with Gasteiger partial charge in [0.2, 0.25) is 0 Å². The number of furan rings is 1. The Bertz CT molecular complexity index is 522. The molecular formula is C14H14FNO3. The zero-order valence-electron chi connectivity index (χ0n) is 10.4. The first-order valence-electron chi connectivity index (χ1n) is 5.87. The lowest BCUT2D eigenvalue weighted by Crippen LogP contribution is -2.35. The van der Waals surface area contributed by atoms with Gasteiger partial charge in [0.1, 0.15) is 17.3 Å². The van der Waals surface area contributed by atoms with Crippen LogP contribution in [0.4, 0.5) is 4.39 Å². The molecule has 0 bridgehead atoms. The second kappa shape index (κ2) is 6.04. The molecule has 0 aliphatic carbocycles. The van der Waals surface area contributed by atoms with Crippen molar-refractivity contribution >= 4 is 5.91 Å². The summed E-state index contributed by atoms with van der Waals surface area (Å²) < 4.78 is 23.2. The van der Waals surface area contributed by atoms with Gasteiger partial charge in [-0.2, -0.15) is 0 Å². The molecule has 100 valence electrons. The Kier molecular flexibility index (Phi) is 4.18. The van der Waals surface area contributed by atoms with E-state index in [0.29, 0.717) is 18.1 Å². The molecule has 0 saturated heterocycles. The summed E-state index contributed by atoms with van der Waals surface area (Å²) in [4.78, 5) is 11.8. The van der Waals surface area contributed by atoms with Crippen LogP contribution in [0.25, 0.3) is 0 Å². The standard InChI is InChI=1S/C14H14FNO3/c1-10(19-12-6-4-11(15)5-7-12)14(17)16-9-13-3-2-8-18-13/h2-8,10H,9H2,1H3,(H,16,17)/t10-/m1/s1. The maximum atomic E-state index is 12.7. The van der Waals surface area contributed by atoms with Gasteiger partial charge < -0.3 is 14.5 Å². The van der Waals surface area contributed by atoms with Crippen molar-refractivity contribution < 1.29 is 18.3 Å². The number of benzene rings is 1. The van der Waals surface area contributed by atoms with Crippen molar-refractivity contribution in [3.05, 3.63) is 54.2 Å².